The molecular weight excluding hydrogens is 198 g/mol. The van der Waals surface area contributed by atoms with Crippen molar-refractivity contribution in [2.24, 2.45) is 0 Å². The largest absolute Gasteiger partial charge is 0.473 e. The Bertz CT molecular complexity index is 259. The van der Waals surface area contributed by atoms with E-state index in [1.54, 1.807) is 7.85 Å². The van der Waals surface area contributed by atoms with E-state index in [9.17, 15) is 4.57 Å². The smallest absolute Gasteiger partial charge is 0.394 e. The molecule has 0 aliphatic carbocycles. The van der Waals surface area contributed by atoms with Crippen LogP contribution in [0.1, 0.15) is 0 Å². The van der Waals surface area contributed by atoms with Crippen molar-refractivity contribution in [2.75, 3.05) is 6.61 Å². The number of phosphoric acid groups is 1. The third kappa shape index (κ3) is 1.56. The molecule has 5 atom stereocenters. The number of phosphoric ester groups is 1. The molecule has 0 aromatic carbocycles. The Morgan fingerprint density at radius 2 is 2.00 bits per heavy atom. The number of hydrogen-bond donors (Lipinski definition) is 2. The van der Waals surface area contributed by atoms with Gasteiger partial charge >= 0.3 is 7.82 Å². The lowest BCUT2D eigenvalue weighted by Crippen LogP contribution is -2.31. The molecule has 2 aliphatic heterocycles. The zero-order valence-electron chi connectivity index (χ0n) is 6.99. The van der Waals surface area contributed by atoms with Crippen LogP contribution in [-0.4, -0.2) is 48.8 Å². The van der Waals surface area contributed by atoms with Gasteiger partial charge in [0.2, 0.25) is 0 Å². The van der Waals surface area contributed by atoms with Crippen molar-refractivity contribution in [1.29, 1.82) is 0 Å². The average Bonchev–Trinajstić information content (AvgIpc) is 2.47. The molecule has 2 N–H and O–H groups in total. The van der Waals surface area contributed by atoms with Crippen LogP contribution < -0.4 is 0 Å². The topological polar surface area (TPSA) is 85.2 Å². The van der Waals surface area contributed by atoms with E-state index >= 15 is 0 Å². The first kappa shape index (κ1) is 9.64. The van der Waals surface area contributed by atoms with E-state index in [2.05, 4.69) is 0 Å². The molecule has 2 saturated heterocycles. The summed E-state index contributed by atoms with van der Waals surface area (Å²) in [6.07, 6.45) is -1.74. The maximum Gasteiger partial charge on any atom is 0.473 e. The molecule has 0 amide bonds. The minimum Gasteiger partial charge on any atom is -0.394 e. The molecule has 2 rings (SSSR count). The maximum atomic E-state index is 11.0. The summed E-state index contributed by atoms with van der Waals surface area (Å²) in [6, 6.07) is -0.329. The highest BCUT2D eigenvalue weighted by atomic mass is 31.2. The molecule has 6 nitrogen and oxygen atoms in total. The molecule has 2 fully saturated rings. The van der Waals surface area contributed by atoms with Gasteiger partial charge in [0.1, 0.15) is 26.2 Å². The summed E-state index contributed by atoms with van der Waals surface area (Å²) >= 11 is 0. The van der Waals surface area contributed by atoms with E-state index in [0.717, 1.165) is 0 Å². The average molecular weight is 208 g/mol. The van der Waals surface area contributed by atoms with Crippen molar-refractivity contribution in [2.45, 2.75) is 24.3 Å². The monoisotopic (exact) mass is 208 g/mol. The first-order valence-electron chi connectivity index (χ1n) is 3.99. The van der Waals surface area contributed by atoms with Gasteiger partial charge in [-0.05, 0) is 0 Å². The molecule has 0 saturated carbocycles. The molecule has 2 aliphatic rings. The third-order valence-corrected chi connectivity index (χ3v) is 3.25. The van der Waals surface area contributed by atoms with Crippen LogP contribution in [0.25, 0.3) is 0 Å². The van der Waals surface area contributed by atoms with Gasteiger partial charge in [-0.3, -0.25) is 9.05 Å². The van der Waals surface area contributed by atoms with Crippen molar-refractivity contribution >= 4 is 15.7 Å². The molecular formula is C5H10BO6P. The van der Waals surface area contributed by atoms with Crippen LogP contribution >= 0.6 is 7.82 Å². The Labute approximate surface area is 75.8 Å². The van der Waals surface area contributed by atoms with E-state index in [-0.39, 0.29) is 12.6 Å². The number of hydrogen-bond acceptors (Lipinski definition) is 5. The molecule has 0 spiro atoms. The van der Waals surface area contributed by atoms with Crippen molar-refractivity contribution in [1.82, 2.24) is 0 Å². The molecule has 0 bridgehead atoms. The summed E-state index contributed by atoms with van der Waals surface area (Å²) in [4.78, 5) is 9.01. The summed E-state index contributed by atoms with van der Waals surface area (Å²) in [5.41, 5.74) is 0. The van der Waals surface area contributed by atoms with Crippen LogP contribution in [0.4, 0.5) is 0 Å². The van der Waals surface area contributed by atoms with Crippen LogP contribution in [0.3, 0.4) is 0 Å². The first-order chi connectivity index (χ1) is 6.03. The Morgan fingerprint density at radius 3 is 2.62 bits per heavy atom. The van der Waals surface area contributed by atoms with Crippen molar-refractivity contribution < 1.29 is 28.3 Å². The summed E-state index contributed by atoms with van der Waals surface area (Å²) in [5, 5.41) is 8.87. The van der Waals surface area contributed by atoms with Crippen molar-refractivity contribution in [3.8, 4) is 0 Å². The second-order valence-corrected chi connectivity index (χ2v) is 4.53. The predicted molar refractivity (Wildman–Crippen MR) is 43.9 cm³/mol. The van der Waals surface area contributed by atoms with E-state index in [1.165, 1.54) is 0 Å². The van der Waals surface area contributed by atoms with Gasteiger partial charge in [-0.2, -0.15) is 0 Å². The van der Waals surface area contributed by atoms with Gasteiger partial charge in [0.25, 0.3) is 0 Å². The minimum atomic E-state index is -3.90. The Morgan fingerprint density at radius 1 is 1.38 bits per heavy atom. The Kier molecular flexibility index (Phi) is 2.26. The van der Waals surface area contributed by atoms with Gasteiger partial charge in [-0.25, -0.2) is 4.57 Å². The standard InChI is InChI=1S/C5H10BO6P/c6-5-4-3(2(1-7)10-5)11-13(8,9)12-4/h2-5,7H,1,6H2,(H,8,9)/t2-,3?,4?,5-/m1/s1. The van der Waals surface area contributed by atoms with Crippen molar-refractivity contribution in [3.05, 3.63) is 0 Å². The summed E-state index contributed by atoms with van der Waals surface area (Å²) in [6.45, 7) is -0.241. The molecule has 3 unspecified atom stereocenters. The normalized spacial score (nSPS) is 55.2. The van der Waals surface area contributed by atoms with Crippen LogP contribution in [0.2, 0.25) is 0 Å². The molecule has 13 heavy (non-hydrogen) atoms. The summed E-state index contributed by atoms with van der Waals surface area (Å²) in [7, 11) is -2.19. The number of ether oxygens (including phenoxy) is 1. The first-order valence-corrected chi connectivity index (χ1v) is 5.49. The van der Waals surface area contributed by atoms with Gasteiger partial charge < -0.3 is 14.7 Å². The highest BCUT2D eigenvalue weighted by molar-refractivity contribution is 7.47. The van der Waals surface area contributed by atoms with E-state index < -0.39 is 26.1 Å². The van der Waals surface area contributed by atoms with Crippen LogP contribution in [0, 0.1) is 0 Å². The molecule has 0 radical (unpaired) electrons. The second kappa shape index (κ2) is 3.05. The zero-order chi connectivity index (χ0) is 9.64. The fourth-order valence-electron chi connectivity index (χ4n) is 1.66. The number of aliphatic hydroxyl groups is 1. The minimum absolute atomic E-state index is 0.241. The summed E-state index contributed by atoms with van der Waals surface area (Å²) < 4.78 is 25.8. The van der Waals surface area contributed by atoms with Crippen LogP contribution in [0.5, 0.6) is 0 Å². The fraction of sp³-hybridized carbons (Fsp3) is 1.00. The van der Waals surface area contributed by atoms with Gasteiger partial charge in [0, 0.05) is 0 Å². The molecule has 0 aromatic heterocycles. The van der Waals surface area contributed by atoms with Gasteiger partial charge in [-0.1, -0.05) is 0 Å². The summed E-state index contributed by atoms with van der Waals surface area (Å²) in [5.74, 6) is 0. The highest BCUT2D eigenvalue weighted by Gasteiger charge is 2.55. The highest BCUT2D eigenvalue weighted by Crippen LogP contribution is 2.56. The Balaban J connectivity index is 2.17. The third-order valence-electron chi connectivity index (χ3n) is 2.23. The quantitative estimate of drug-likeness (QED) is 0.391. The lowest BCUT2D eigenvalue weighted by Gasteiger charge is -2.13. The SMILES string of the molecule is B[C@@H]1O[C@H](CO)C2OP(=O)(O)OC21. The Hall–Kier alpha value is 0.0949. The van der Waals surface area contributed by atoms with E-state index in [4.69, 9.17) is 23.8 Å². The van der Waals surface area contributed by atoms with Crippen molar-refractivity contribution in [3.63, 3.8) is 0 Å². The van der Waals surface area contributed by atoms with Crippen LogP contribution in [-0.2, 0) is 18.3 Å². The second-order valence-electron chi connectivity index (χ2n) is 3.17. The number of rotatable bonds is 1. The predicted octanol–water partition coefficient (Wildman–Crippen LogP) is -1.78. The van der Waals surface area contributed by atoms with Gasteiger partial charge in [-0.15, -0.1) is 0 Å². The molecule has 74 valence electrons. The number of aliphatic hydroxyl groups excluding tert-OH is 1. The van der Waals surface area contributed by atoms with E-state index in [0.29, 0.717) is 0 Å². The van der Waals surface area contributed by atoms with E-state index in [1.807, 2.05) is 0 Å². The fourth-order valence-corrected chi connectivity index (χ4v) is 2.87. The molecule has 0 aromatic rings. The maximum absolute atomic E-state index is 11.0. The van der Waals surface area contributed by atoms with Crippen LogP contribution in [0.15, 0.2) is 0 Å². The lowest BCUT2D eigenvalue weighted by atomic mass is 9.93. The lowest BCUT2D eigenvalue weighted by molar-refractivity contribution is -0.00316. The van der Waals surface area contributed by atoms with Gasteiger partial charge in [0.15, 0.2) is 0 Å². The molecule has 2 heterocycles. The van der Waals surface area contributed by atoms with Gasteiger partial charge in [0.05, 0.1) is 12.6 Å². The molecule has 8 heteroatoms. The zero-order valence-corrected chi connectivity index (χ0v) is 7.89. The number of fused-ring (bicyclic) bond motifs is 1.